The Morgan fingerprint density at radius 3 is 2.65 bits per heavy atom. The van der Waals surface area contributed by atoms with Gasteiger partial charge in [0, 0.05) is 32.0 Å². The summed E-state index contributed by atoms with van der Waals surface area (Å²) in [6.07, 6.45) is 6.65. The fraction of sp³-hybridized carbons (Fsp3) is 0.550. The second-order valence-corrected chi connectivity index (χ2v) is 7.19. The first-order chi connectivity index (χ1) is 12.8. The molecule has 0 aliphatic carbocycles. The molecule has 26 heavy (non-hydrogen) atoms. The van der Waals surface area contributed by atoms with Crippen molar-refractivity contribution in [2.24, 2.45) is 0 Å². The first kappa shape index (κ1) is 17.1. The van der Waals surface area contributed by atoms with Crippen LogP contribution in [-0.2, 0) is 17.8 Å². The maximum absolute atomic E-state index is 12.4. The number of ether oxygens (including phenoxy) is 1. The minimum atomic E-state index is 0.0624. The first-order valence-corrected chi connectivity index (χ1v) is 9.69. The van der Waals surface area contributed by atoms with Gasteiger partial charge in [0.1, 0.15) is 17.4 Å². The van der Waals surface area contributed by atoms with E-state index in [9.17, 15) is 4.79 Å². The summed E-state index contributed by atoms with van der Waals surface area (Å²) >= 11 is 0. The molecule has 0 unspecified atom stereocenters. The molecule has 138 valence electrons. The zero-order valence-electron chi connectivity index (χ0n) is 15.1. The third-order valence-electron chi connectivity index (χ3n) is 5.46. The normalized spacial score (nSPS) is 18.2. The molecule has 2 aliphatic heterocycles. The highest BCUT2D eigenvalue weighted by Crippen LogP contribution is 2.29. The van der Waals surface area contributed by atoms with Gasteiger partial charge in [0.25, 0.3) is 5.91 Å². The Balaban J connectivity index is 1.31. The highest BCUT2D eigenvalue weighted by molar-refractivity contribution is 5.77. The predicted molar refractivity (Wildman–Crippen MR) is 98.1 cm³/mol. The number of aryl methyl sites for hydroxylation is 1. The number of carbonyl (C=O) groups excluding carboxylic acids is 1. The Morgan fingerprint density at radius 1 is 1.04 bits per heavy atom. The van der Waals surface area contributed by atoms with Crippen molar-refractivity contribution in [3.8, 4) is 5.75 Å². The third kappa shape index (κ3) is 3.74. The van der Waals surface area contributed by atoms with Crippen molar-refractivity contribution in [3.63, 3.8) is 0 Å². The van der Waals surface area contributed by atoms with E-state index in [2.05, 4.69) is 14.8 Å². The number of para-hydroxylation sites is 1. The molecule has 0 atom stereocenters. The number of fused-ring (bicyclic) bond motifs is 1. The molecule has 1 aromatic heterocycles. The van der Waals surface area contributed by atoms with Gasteiger partial charge in [-0.15, -0.1) is 10.2 Å². The number of aromatic nitrogens is 3. The van der Waals surface area contributed by atoms with Gasteiger partial charge >= 0.3 is 0 Å². The molecule has 2 aliphatic rings. The summed E-state index contributed by atoms with van der Waals surface area (Å²) in [5.41, 5.74) is 0. The Labute approximate surface area is 154 Å². The number of hydrogen-bond acceptors (Lipinski definition) is 4. The van der Waals surface area contributed by atoms with Crippen LogP contribution >= 0.6 is 0 Å². The quantitative estimate of drug-likeness (QED) is 0.847. The Kier molecular flexibility index (Phi) is 5.18. The smallest absolute Gasteiger partial charge is 0.260 e. The second-order valence-electron chi connectivity index (χ2n) is 7.19. The standard InChI is InChI=1S/C20H26N4O2/c25-19(15-26-17-7-3-1-4-8-17)23-13-10-16(11-14-23)20-22-21-18-9-5-2-6-12-24(18)20/h1,3-4,7-8,16H,2,5-6,9-15H2. The van der Waals surface area contributed by atoms with E-state index in [0.717, 1.165) is 56.3 Å². The maximum Gasteiger partial charge on any atom is 0.260 e. The summed E-state index contributed by atoms with van der Waals surface area (Å²) in [5.74, 6) is 3.49. The number of hydrogen-bond donors (Lipinski definition) is 0. The molecule has 2 aromatic rings. The predicted octanol–water partition coefficient (Wildman–Crippen LogP) is 2.79. The van der Waals surface area contributed by atoms with Crippen LogP contribution in [0.2, 0.25) is 0 Å². The Morgan fingerprint density at radius 2 is 1.85 bits per heavy atom. The summed E-state index contributed by atoms with van der Waals surface area (Å²) in [6.45, 7) is 2.68. The van der Waals surface area contributed by atoms with Crippen molar-refractivity contribution in [2.75, 3.05) is 19.7 Å². The molecule has 1 fully saturated rings. The van der Waals surface area contributed by atoms with Gasteiger partial charge in [0.2, 0.25) is 0 Å². The molecule has 1 saturated heterocycles. The van der Waals surface area contributed by atoms with Gasteiger partial charge in [-0.3, -0.25) is 4.79 Å². The zero-order valence-corrected chi connectivity index (χ0v) is 15.1. The van der Waals surface area contributed by atoms with Crippen LogP contribution in [0.4, 0.5) is 0 Å². The molecule has 0 saturated carbocycles. The summed E-state index contributed by atoms with van der Waals surface area (Å²) in [5, 5.41) is 8.92. The van der Waals surface area contributed by atoms with Crippen LogP contribution in [-0.4, -0.2) is 45.3 Å². The van der Waals surface area contributed by atoms with E-state index in [-0.39, 0.29) is 12.5 Å². The number of piperidine rings is 1. The lowest BCUT2D eigenvalue weighted by Gasteiger charge is -2.31. The van der Waals surface area contributed by atoms with E-state index < -0.39 is 0 Å². The van der Waals surface area contributed by atoms with E-state index in [0.29, 0.717) is 5.92 Å². The third-order valence-corrected chi connectivity index (χ3v) is 5.46. The van der Waals surface area contributed by atoms with E-state index in [1.165, 1.54) is 19.3 Å². The molecule has 3 heterocycles. The van der Waals surface area contributed by atoms with Crippen LogP contribution in [0.15, 0.2) is 30.3 Å². The average molecular weight is 354 g/mol. The minimum Gasteiger partial charge on any atom is -0.484 e. The molecular weight excluding hydrogens is 328 g/mol. The second kappa shape index (κ2) is 7.89. The van der Waals surface area contributed by atoms with Crippen LogP contribution in [0, 0.1) is 0 Å². The molecule has 0 radical (unpaired) electrons. The van der Waals surface area contributed by atoms with Crippen LogP contribution in [0.25, 0.3) is 0 Å². The van der Waals surface area contributed by atoms with Crippen molar-refractivity contribution in [2.45, 2.75) is 51.0 Å². The summed E-state index contributed by atoms with van der Waals surface area (Å²) < 4.78 is 7.93. The van der Waals surface area contributed by atoms with E-state index in [4.69, 9.17) is 4.74 Å². The molecule has 6 nitrogen and oxygen atoms in total. The van der Waals surface area contributed by atoms with Crippen LogP contribution in [0.1, 0.15) is 49.7 Å². The molecule has 0 bridgehead atoms. The Hall–Kier alpha value is -2.37. The van der Waals surface area contributed by atoms with Gasteiger partial charge in [0.05, 0.1) is 0 Å². The number of rotatable bonds is 4. The number of carbonyl (C=O) groups is 1. The highest BCUT2D eigenvalue weighted by atomic mass is 16.5. The van der Waals surface area contributed by atoms with E-state index in [1.807, 2.05) is 35.2 Å². The summed E-state index contributed by atoms with van der Waals surface area (Å²) in [6, 6.07) is 9.50. The van der Waals surface area contributed by atoms with Gasteiger partial charge in [0.15, 0.2) is 6.61 Å². The fourth-order valence-corrected chi connectivity index (χ4v) is 3.95. The van der Waals surface area contributed by atoms with Crippen molar-refractivity contribution < 1.29 is 9.53 Å². The first-order valence-electron chi connectivity index (χ1n) is 9.69. The fourth-order valence-electron chi connectivity index (χ4n) is 3.95. The summed E-state index contributed by atoms with van der Waals surface area (Å²) in [4.78, 5) is 14.3. The van der Waals surface area contributed by atoms with Crippen molar-refractivity contribution in [1.82, 2.24) is 19.7 Å². The largest absolute Gasteiger partial charge is 0.484 e. The van der Waals surface area contributed by atoms with Crippen LogP contribution in [0.3, 0.4) is 0 Å². The van der Waals surface area contributed by atoms with E-state index in [1.54, 1.807) is 0 Å². The lowest BCUT2D eigenvalue weighted by Crippen LogP contribution is -2.40. The number of amides is 1. The topological polar surface area (TPSA) is 60.2 Å². The van der Waals surface area contributed by atoms with Gasteiger partial charge in [-0.2, -0.15) is 0 Å². The van der Waals surface area contributed by atoms with Crippen molar-refractivity contribution in [3.05, 3.63) is 42.0 Å². The van der Waals surface area contributed by atoms with Gasteiger partial charge in [-0.25, -0.2) is 0 Å². The minimum absolute atomic E-state index is 0.0624. The number of benzene rings is 1. The molecule has 1 aromatic carbocycles. The average Bonchev–Trinajstić information content (AvgIpc) is 2.95. The van der Waals surface area contributed by atoms with Gasteiger partial charge in [-0.1, -0.05) is 24.6 Å². The van der Waals surface area contributed by atoms with E-state index >= 15 is 0 Å². The number of likely N-dealkylation sites (tertiary alicyclic amines) is 1. The molecule has 4 rings (SSSR count). The highest BCUT2D eigenvalue weighted by Gasteiger charge is 2.28. The van der Waals surface area contributed by atoms with Crippen LogP contribution < -0.4 is 4.74 Å². The van der Waals surface area contributed by atoms with Crippen molar-refractivity contribution in [1.29, 1.82) is 0 Å². The van der Waals surface area contributed by atoms with Crippen molar-refractivity contribution >= 4 is 5.91 Å². The number of nitrogens with zero attached hydrogens (tertiary/aromatic N) is 4. The molecule has 1 amide bonds. The van der Waals surface area contributed by atoms with Gasteiger partial charge in [-0.05, 0) is 37.8 Å². The lowest BCUT2D eigenvalue weighted by atomic mass is 9.95. The molecule has 6 heteroatoms. The SMILES string of the molecule is O=C(COc1ccccc1)N1CCC(c2nnc3n2CCCCC3)CC1. The Bertz CT molecular complexity index is 736. The summed E-state index contributed by atoms with van der Waals surface area (Å²) in [7, 11) is 0. The lowest BCUT2D eigenvalue weighted by molar-refractivity contribution is -0.134. The molecule has 0 N–H and O–H groups in total. The molecular formula is C20H26N4O2. The monoisotopic (exact) mass is 354 g/mol. The van der Waals surface area contributed by atoms with Crippen LogP contribution in [0.5, 0.6) is 5.75 Å². The zero-order chi connectivity index (χ0) is 17.8. The maximum atomic E-state index is 12.4. The van der Waals surface area contributed by atoms with Gasteiger partial charge < -0.3 is 14.2 Å². The molecule has 0 spiro atoms.